The van der Waals surface area contributed by atoms with Crippen molar-refractivity contribution in [2.24, 2.45) is 0 Å². The number of hydrogen-bond acceptors (Lipinski definition) is 2. The molecular formula is C16H17N3. The van der Waals surface area contributed by atoms with Gasteiger partial charge in [-0.2, -0.15) is 0 Å². The Kier molecular flexibility index (Phi) is 3.19. The minimum absolute atomic E-state index is 0.798. The van der Waals surface area contributed by atoms with Crippen LogP contribution in [0.2, 0.25) is 0 Å². The predicted molar refractivity (Wildman–Crippen MR) is 79.2 cm³/mol. The highest BCUT2D eigenvalue weighted by molar-refractivity contribution is 5.85. The van der Waals surface area contributed by atoms with Gasteiger partial charge in [-0.15, -0.1) is 0 Å². The Morgan fingerprint density at radius 1 is 1.11 bits per heavy atom. The maximum atomic E-state index is 4.18. The SMILES string of the molecule is CCn1cncc1CNc1ccc2ccccc2c1. The molecule has 0 radical (unpaired) electrons. The Hall–Kier alpha value is -2.29. The van der Waals surface area contributed by atoms with E-state index in [1.165, 1.54) is 16.5 Å². The lowest BCUT2D eigenvalue weighted by Gasteiger charge is -2.09. The average molecular weight is 251 g/mol. The second-order valence-corrected chi connectivity index (χ2v) is 4.59. The van der Waals surface area contributed by atoms with Crippen molar-refractivity contribution in [2.75, 3.05) is 5.32 Å². The lowest BCUT2D eigenvalue weighted by molar-refractivity contribution is 0.719. The largest absolute Gasteiger partial charge is 0.379 e. The first-order valence-electron chi connectivity index (χ1n) is 6.58. The fourth-order valence-corrected chi connectivity index (χ4v) is 2.27. The van der Waals surface area contributed by atoms with Crippen LogP contribution in [0.3, 0.4) is 0 Å². The molecule has 0 amide bonds. The van der Waals surface area contributed by atoms with Crippen molar-refractivity contribution >= 4 is 16.5 Å². The zero-order valence-electron chi connectivity index (χ0n) is 11.0. The Bertz CT molecular complexity index is 685. The van der Waals surface area contributed by atoms with Crippen LogP contribution in [0.1, 0.15) is 12.6 Å². The molecule has 0 saturated heterocycles. The van der Waals surface area contributed by atoms with E-state index in [2.05, 4.69) is 64.3 Å². The number of aromatic nitrogens is 2. The molecule has 96 valence electrons. The Balaban J connectivity index is 1.78. The molecule has 1 heterocycles. The highest BCUT2D eigenvalue weighted by atomic mass is 15.1. The molecule has 3 nitrogen and oxygen atoms in total. The van der Waals surface area contributed by atoms with Crippen LogP contribution in [0, 0.1) is 0 Å². The number of rotatable bonds is 4. The minimum atomic E-state index is 0.798. The molecule has 19 heavy (non-hydrogen) atoms. The molecule has 1 aromatic heterocycles. The van der Waals surface area contributed by atoms with Gasteiger partial charge in [0.1, 0.15) is 0 Å². The first-order chi connectivity index (χ1) is 9.36. The lowest BCUT2D eigenvalue weighted by atomic mass is 10.1. The van der Waals surface area contributed by atoms with E-state index in [9.17, 15) is 0 Å². The van der Waals surface area contributed by atoms with Gasteiger partial charge in [0.05, 0.1) is 18.6 Å². The molecule has 0 aliphatic rings. The van der Waals surface area contributed by atoms with Crippen LogP contribution >= 0.6 is 0 Å². The van der Waals surface area contributed by atoms with Gasteiger partial charge in [-0.05, 0) is 29.8 Å². The highest BCUT2D eigenvalue weighted by Crippen LogP contribution is 2.19. The molecule has 0 atom stereocenters. The van der Waals surface area contributed by atoms with Crippen molar-refractivity contribution in [3.8, 4) is 0 Å². The number of anilines is 1. The molecule has 0 unspecified atom stereocenters. The summed E-state index contributed by atoms with van der Waals surface area (Å²) in [4.78, 5) is 4.18. The summed E-state index contributed by atoms with van der Waals surface area (Å²) < 4.78 is 2.15. The third kappa shape index (κ3) is 2.45. The van der Waals surface area contributed by atoms with E-state index in [1.54, 1.807) is 0 Å². The van der Waals surface area contributed by atoms with Crippen molar-refractivity contribution in [2.45, 2.75) is 20.0 Å². The summed E-state index contributed by atoms with van der Waals surface area (Å²) in [5.41, 5.74) is 2.35. The molecule has 3 aromatic rings. The molecule has 0 bridgehead atoms. The first kappa shape index (κ1) is 11.8. The number of aryl methyl sites for hydroxylation is 1. The van der Waals surface area contributed by atoms with Gasteiger partial charge in [-0.1, -0.05) is 30.3 Å². The van der Waals surface area contributed by atoms with Gasteiger partial charge in [-0.3, -0.25) is 0 Å². The summed E-state index contributed by atoms with van der Waals surface area (Å²) in [5.74, 6) is 0. The highest BCUT2D eigenvalue weighted by Gasteiger charge is 2.00. The minimum Gasteiger partial charge on any atom is -0.379 e. The molecule has 0 aliphatic carbocycles. The summed E-state index contributed by atoms with van der Waals surface area (Å²) in [6.45, 7) is 3.88. The lowest BCUT2D eigenvalue weighted by Crippen LogP contribution is -2.05. The number of nitrogens with one attached hydrogen (secondary N) is 1. The van der Waals surface area contributed by atoms with Gasteiger partial charge >= 0.3 is 0 Å². The molecular weight excluding hydrogens is 234 g/mol. The maximum Gasteiger partial charge on any atom is 0.0948 e. The van der Waals surface area contributed by atoms with E-state index >= 15 is 0 Å². The van der Waals surface area contributed by atoms with Gasteiger partial charge < -0.3 is 9.88 Å². The van der Waals surface area contributed by atoms with E-state index in [0.717, 1.165) is 18.8 Å². The molecule has 3 rings (SSSR count). The van der Waals surface area contributed by atoms with Crippen molar-refractivity contribution in [1.29, 1.82) is 0 Å². The van der Waals surface area contributed by atoms with Crippen LogP contribution in [0.4, 0.5) is 5.69 Å². The van der Waals surface area contributed by atoms with Crippen molar-refractivity contribution in [3.05, 3.63) is 60.7 Å². The fourth-order valence-electron chi connectivity index (χ4n) is 2.27. The van der Waals surface area contributed by atoms with Crippen LogP contribution in [0.15, 0.2) is 55.0 Å². The van der Waals surface area contributed by atoms with Gasteiger partial charge in [-0.25, -0.2) is 4.98 Å². The monoisotopic (exact) mass is 251 g/mol. The third-order valence-corrected chi connectivity index (χ3v) is 3.36. The van der Waals surface area contributed by atoms with E-state index in [-0.39, 0.29) is 0 Å². The molecule has 0 fully saturated rings. The number of fused-ring (bicyclic) bond motifs is 1. The first-order valence-corrected chi connectivity index (χ1v) is 6.58. The number of imidazole rings is 1. The molecule has 2 aromatic carbocycles. The van der Waals surface area contributed by atoms with E-state index in [0.29, 0.717) is 0 Å². The van der Waals surface area contributed by atoms with Crippen molar-refractivity contribution in [3.63, 3.8) is 0 Å². The zero-order valence-corrected chi connectivity index (χ0v) is 11.0. The summed E-state index contributed by atoms with van der Waals surface area (Å²) in [5, 5.41) is 5.98. The van der Waals surface area contributed by atoms with E-state index < -0.39 is 0 Å². The quantitative estimate of drug-likeness (QED) is 0.766. The van der Waals surface area contributed by atoms with E-state index in [4.69, 9.17) is 0 Å². The number of benzene rings is 2. The van der Waals surface area contributed by atoms with Crippen molar-refractivity contribution < 1.29 is 0 Å². The second-order valence-electron chi connectivity index (χ2n) is 4.59. The van der Waals surface area contributed by atoms with E-state index in [1.807, 2.05) is 12.5 Å². The summed E-state index contributed by atoms with van der Waals surface area (Å²) in [7, 11) is 0. The summed E-state index contributed by atoms with van der Waals surface area (Å²) in [6.07, 6.45) is 3.79. The topological polar surface area (TPSA) is 29.9 Å². The van der Waals surface area contributed by atoms with Crippen molar-refractivity contribution in [1.82, 2.24) is 9.55 Å². The standard InChI is InChI=1S/C16H17N3/c1-2-19-12-17-10-16(19)11-18-15-8-7-13-5-3-4-6-14(13)9-15/h3-10,12,18H,2,11H2,1H3. The predicted octanol–water partition coefficient (Wildman–Crippen LogP) is 3.67. The molecule has 0 spiro atoms. The van der Waals surface area contributed by atoms with Gasteiger partial charge in [0.2, 0.25) is 0 Å². The Morgan fingerprint density at radius 2 is 1.95 bits per heavy atom. The number of hydrogen-bond donors (Lipinski definition) is 1. The van der Waals surface area contributed by atoms with Crippen LogP contribution in [-0.4, -0.2) is 9.55 Å². The zero-order chi connectivity index (χ0) is 13.1. The third-order valence-electron chi connectivity index (χ3n) is 3.36. The Morgan fingerprint density at radius 3 is 2.79 bits per heavy atom. The molecule has 1 N–H and O–H groups in total. The fraction of sp³-hybridized carbons (Fsp3) is 0.188. The van der Waals surface area contributed by atoms with Crippen LogP contribution in [0.25, 0.3) is 10.8 Å². The van der Waals surface area contributed by atoms with Gasteiger partial charge in [0.25, 0.3) is 0 Å². The van der Waals surface area contributed by atoms with Crippen LogP contribution in [0.5, 0.6) is 0 Å². The maximum absolute atomic E-state index is 4.18. The normalized spacial score (nSPS) is 10.8. The summed E-state index contributed by atoms with van der Waals surface area (Å²) in [6, 6.07) is 14.8. The molecule has 0 saturated carbocycles. The smallest absolute Gasteiger partial charge is 0.0948 e. The van der Waals surface area contributed by atoms with Crippen LogP contribution < -0.4 is 5.32 Å². The molecule has 3 heteroatoms. The van der Waals surface area contributed by atoms with Crippen LogP contribution in [-0.2, 0) is 13.1 Å². The summed E-state index contributed by atoms with van der Waals surface area (Å²) >= 11 is 0. The second kappa shape index (κ2) is 5.14. The average Bonchev–Trinajstić information content (AvgIpc) is 2.92. The van der Waals surface area contributed by atoms with Gasteiger partial charge in [0.15, 0.2) is 0 Å². The number of nitrogens with zero attached hydrogens (tertiary/aromatic N) is 2. The van der Waals surface area contributed by atoms with Gasteiger partial charge in [0, 0.05) is 18.4 Å². The Labute approximate surface area is 112 Å². The molecule has 0 aliphatic heterocycles.